The fourth-order valence-corrected chi connectivity index (χ4v) is 3.14. The van der Waals surface area contributed by atoms with Crippen LogP contribution in [0.25, 0.3) is 0 Å². The molecule has 1 nitrogen and oxygen atoms in total. The maximum absolute atomic E-state index is 6.16. The summed E-state index contributed by atoms with van der Waals surface area (Å²) in [4.78, 5) is 1.10. The van der Waals surface area contributed by atoms with Gasteiger partial charge in [-0.3, -0.25) is 0 Å². The molecule has 1 unspecified atom stereocenters. The second-order valence-electron chi connectivity index (χ2n) is 4.20. The molecule has 0 aliphatic carbocycles. The van der Waals surface area contributed by atoms with Crippen molar-refractivity contribution in [1.82, 2.24) is 0 Å². The third kappa shape index (κ3) is 3.09. The minimum absolute atomic E-state index is 0.0436. The number of thiophene rings is 1. The Morgan fingerprint density at radius 1 is 1.29 bits per heavy atom. The van der Waals surface area contributed by atoms with Gasteiger partial charge in [-0.2, -0.15) is 0 Å². The minimum Gasteiger partial charge on any atom is -0.323 e. The molecule has 3 heteroatoms. The van der Waals surface area contributed by atoms with Crippen LogP contribution in [-0.2, 0) is 6.42 Å². The summed E-state index contributed by atoms with van der Waals surface area (Å²) in [5.41, 5.74) is 8.87. The van der Waals surface area contributed by atoms with Crippen LogP contribution in [0, 0.1) is 6.92 Å². The van der Waals surface area contributed by atoms with Gasteiger partial charge in [-0.25, -0.2) is 0 Å². The van der Waals surface area contributed by atoms with E-state index < -0.39 is 0 Å². The van der Waals surface area contributed by atoms with Crippen molar-refractivity contribution in [3.63, 3.8) is 0 Å². The molecule has 1 atom stereocenters. The first-order valence-electron chi connectivity index (χ1n) is 5.71. The van der Waals surface area contributed by atoms with Crippen molar-refractivity contribution in [3.05, 3.63) is 56.7 Å². The minimum atomic E-state index is 0.0436. The van der Waals surface area contributed by atoms with Gasteiger partial charge < -0.3 is 5.73 Å². The lowest BCUT2D eigenvalue weighted by Crippen LogP contribution is -2.10. The summed E-state index contributed by atoms with van der Waals surface area (Å²) in [5.74, 6) is 0. The van der Waals surface area contributed by atoms with Crippen molar-refractivity contribution < 1.29 is 0 Å². The molecule has 0 saturated heterocycles. The molecule has 1 aromatic heterocycles. The highest BCUT2D eigenvalue weighted by Crippen LogP contribution is 2.29. The fraction of sp³-hybridized carbons (Fsp3) is 0.286. The topological polar surface area (TPSA) is 26.0 Å². The van der Waals surface area contributed by atoms with Gasteiger partial charge in [-0.05, 0) is 42.3 Å². The third-order valence-corrected chi connectivity index (χ3v) is 4.46. The van der Waals surface area contributed by atoms with E-state index in [1.54, 1.807) is 11.3 Å². The molecule has 2 N–H and O–H groups in total. The van der Waals surface area contributed by atoms with Crippen molar-refractivity contribution in [3.8, 4) is 0 Å². The Labute approximate surface area is 111 Å². The standard InChI is InChI=1S/C14H16ClNS/c1-10-4-2-3-5-11(10)6-7-13(16)14-12(15)8-9-17-14/h2-5,8-9,13H,6-7,16H2,1H3. The van der Waals surface area contributed by atoms with Crippen molar-refractivity contribution >= 4 is 22.9 Å². The zero-order valence-corrected chi connectivity index (χ0v) is 11.4. The van der Waals surface area contributed by atoms with Crippen LogP contribution in [0.2, 0.25) is 5.02 Å². The van der Waals surface area contributed by atoms with Gasteiger partial charge in [0.15, 0.2) is 0 Å². The molecule has 2 aromatic rings. The van der Waals surface area contributed by atoms with Crippen LogP contribution in [0.1, 0.15) is 28.5 Å². The third-order valence-electron chi connectivity index (χ3n) is 2.97. The molecule has 0 amide bonds. The lowest BCUT2D eigenvalue weighted by molar-refractivity contribution is 0.661. The van der Waals surface area contributed by atoms with Crippen molar-refractivity contribution in [2.24, 2.45) is 5.73 Å². The number of hydrogen-bond acceptors (Lipinski definition) is 2. The van der Waals surface area contributed by atoms with Gasteiger partial charge in [0.25, 0.3) is 0 Å². The van der Waals surface area contributed by atoms with Crippen LogP contribution in [0.3, 0.4) is 0 Å². The first kappa shape index (κ1) is 12.6. The summed E-state index contributed by atoms with van der Waals surface area (Å²) in [6.07, 6.45) is 1.94. The van der Waals surface area contributed by atoms with Crippen LogP contribution in [0.5, 0.6) is 0 Å². The highest BCUT2D eigenvalue weighted by molar-refractivity contribution is 7.10. The maximum atomic E-state index is 6.16. The second kappa shape index (κ2) is 5.67. The van der Waals surface area contributed by atoms with Gasteiger partial charge in [-0.1, -0.05) is 35.9 Å². The Hall–Kier alpha value is -0.830. The van der Waals surface area contributed by atoms with Crippen molar-refractivity contribution in [2.75, 3.05) is 0 Å². The largest absolute Gasteiger partial charge is 0.323 e. The van der Waals surface area contributed by atoms with E-state index in [4.69, 9.17) is 17.3 Å². The molecule has 0 fully saturated rings. The lowest BCUT2D eigenvalue weighted by atomic mass is 10.0. The van der Waals surface area contributed by atoms with Crippen LogP contribution >= 0.6 is 22.9 Å². The van der Waals surface area contributed by atoms with E-state index in [9.17, 15) is 0 Å². The van der Waals surface area contributed by atoms with E-state index in [-0.39, 0.29) is 6.04 Å². The molecule has 0 aliphatic rings. The monoisotopic (exact) mass is 265 g/mol. The molecule has 0 spiro atoms. The van der Waals surface area contributed by atoms with Gasteiger partial charge in [0.2, 0.25) is 0 Å². The first-order valence-corrected chi connectivity index (χ1v) is 6.97. The van der Waals surface area contributed by atoms with E-state index in [1.165, 1.54) is 11.1 Å². The maximum Gasteiger partial charge on any atom is 0.0561 e. The Balaban J connectivity index is 2.00. The Morgan fingerprint density at radius 2 is 2.06 bits per heavy atom. The Morgan fingerprint density at radius 3 is 2.71 bits per heavy atom. The predicted molar refractivity (Wildman–Crippen MR) is 75.8 cm³/mol. The molecular formula is C14H16ClNS. The van der Waals surface area contributed by atoms with Gasteiger partial charge >= 0.3 is 0 Å². The molecule has 1 heterocycles. The molecule has 0 saturated carbocycles. The average molecular weight is 266 g/mol. The van der Waals surface area contributed by atoms with Crippen LogP contribution in [-0.4, -0.2) is 0 Å². The number of benzene rings is 1. The summed E-state index contributed by atoms with van der Waals surface area (Å²) in [6.45, 7) is 2.14. The Bertz CT molecular complexity index is 492. The van der Waals surface area contributed by atoms with Gasteiger partial charge in [0.1, 0.15) is 0 Å². The van der Waals surface area contributed by atoms with Crippen molar-refractivity contribution in [1.29, 1.82) is 0 Å². The summed E-state index contributed by atoms with van der Waals surface area (Å²) in [6, 6.07) is 10.4. The molecule has 0 bridgehead atoms. The van der Waals surface area contributed by atoms with E-state index in [0.717, 1.165) is 22.7 Å². The second-order valence-corrected chi connectivity index (χ2v) is 5.56. The predicted octanol–water partition coefficient (Wildman–Crippen LogP) is 4.34. The van der Waals surface area contributed by atoms with Gasteiger partial charge in [0, 0.05) is 10.9 Å². The number of nitrogens with two attached hydrogens (primary N) is 1. The van der Waals surface area contributed by atoms with Crippen LogP contribution in [0.4, 0.5) is 0 Å². The number of rotatable bonds is 4. The normalized spacial score (nSPS) is 12.6. The molecule has 0 radical (unpaired) electrons. The van der Waals surface area contributed by atoms with E-state index in [0.29, 0.717) is 0 Å². The Kier molecular flexibility index (Phi) is 4.21. The molecule has 2 rings (SSSR count). The fourth-order valence-electron chi connectivity index (χ4n) is 1.90. The summed E-state index contributed by atoms with van der Waals surface area (Å²) in [5, 5.41) is 2.79. The quantitative estimate of drug-likeness (QED) is 0.874. The first-order chi connectivity index (χ1) is 8.18. The summed E-state index contributed by atoms with van der Waals surface area (Å²) in [7, 11) is 0. The van der Waals surface area contributed by atoms with E-state index in [2.05, 4.69) is 31.2 Å². The number of hydrogen-bond donors (Lipinski definition) is 1. The zero-order chi connectivity index (χ0) is 12.3. The number of halogens is 1. The SMILES string of the molecule is Cc1ccccc1CCC(N)c1sccc1Cl. The highest BCUT2D eigenvalue weighted by atomic mass is 35.5. The van der Waals surface area contributed by atoms with Gasteiger partial charge in [-0.15, -0.1) is 11.3 Å². The molecule has 1 aromatic carbocycles. The van der Waals surface area contributed by atoms with Crippen molar-refractivity contribution in [2.45, 2.75) is 25.8 Å². The smallest absolute Gasteiger partial charge is 0.0561 e. The summed E-state index contributed by atoms with van der Waals surface area (Å²) >= 11 is 7.72. The van der Waals surface area contributed by atoms with Gasteiger partial charge in [0.05, 0.1) is 5.02 Å². The number of aryl methyl sites for hydroxylation is 2. The highest BCUT2D eigenvalue weighted by Gasteiger charge is 2.11. The van der Waals surface area contributed by atoms with E-state index in [1.807, 2.05) is 11.4 Å². The zero-order valence-electron chi connectivity index (χ0n) is 9.82. The van der Waals surface area contributed by atoms with E-state index >= 15 is 0 Å². The molecular weight excluding hydrogens is 250 g/mol. The van der Waals surface area contributed by atoms with Crippen LogP contribution in [0.15, 0.2) is 35.7 Å². The average Bonchev–Trinajstić information content (AvgIpc) is 2.74. The molecule has 17 heavy (non-hydrogen) atoms. The molecule has 90 valence electrons. The lowest BCUT2D eigenvalue weighted by Gasteiger charge is -2.11. The molecule has 0 aliphatic heterocycles. The van der Waals surface area contributed by atoms with Crippen LogP contribution < -0.4 is 5.73 Å². The summed E-state index contributed by atoms with van der Waals surface area (Å²) < 4.78 is 0.